The van der Waals surface area contributed by atoms with E-state index in [0.29, 0.717) is 24.0 Å². The summed E-state index contributed by atoms with van der Waals surface area (Å²) < 4.78 is 7.03. The van der Waals surface area contributed by atoms with E-state index in [1.807, 2.05) is 77.7 Å². The maximum atomic E-state index is 13.2. The quantitative estimate of drug-likeness (QED) is 0.333. The minimum atomic E-state index is 0.0364. The van der Waals surface area contributed by atoms with Crippen LogP contribution in [0.25, 0.3) is 5.69 Å². The Balaban J connectivity index is 1.46. The highest BCUT2D eigenvalue weighted by molar-refractivity contribution is 7.99. The van der Waals surface area contributed by atoms with Crippen LogP contribution in [-0.2, 0) is 17.8 Å². The van der Waals surface area contributed by atoms with Crippen molar-refractivity contribution in [3.05, 3.63) is 96.1 Å². The molecule has 7 nitrogen and oxygen atoms in total. The third-order valence-corrected chi connectivity index (χ3v) is 6.07. The summed E-state index contributed by atoms with van der Waals surface area (Å²) in [5, 5.41) is 12.5. The lowest BCUT2D eigenvalue weighted by Crippen LogP contribution is -2.34. The molecule has 3 aromatic carbocycles. The number of para-hydroxylation sites is 2. The maximum Gasteiger partial charge on any atom is 0.233 e. The molecule has 0 bridgehead atoms. The van der Waals surface area contributed by atoms with E-state index in [2.05, 4.69) is 27.7 Å². The van der Waals surface area contributed by atoms with Gasteiger partial charge >= 0.3 is 0 Å². The summed E-state index contributed by atoms with van der Waals surface area (Å²) >= 11 is 1.32. The average molecular weight is 460 g/mol. The topological polar surface area (TPSA) is 73.1 Å². The first-order chi connectivity index (χ1) is 16.2. The number of rotatable bonds is 10. The van der Waals surface area contributed by atoms with Crippen molar-refractivity contribution in [3.63, 3.8) is 0 Å². The Morgan fingerprint density at radius 1 is 0.939 bits per heavy atom. The number of methoxy groups -OCH3 is 1. The van der Waals surface area contributed by atoms with Crippen molar-refractivity contribution >= 4 is 17.7 Å². The first-order valence-corrected chi connectivity index (χ1v) is 11.6. The van der Waals surface area contributed by atoms with Gasteiger partial charge in [0.2, 0.25) is 11.1 Å². The molecule has 0 unspecified atom stereocenters. The second kappa shape index (κ2) is 11.3. The molecule has 0 N–H and O–H groups in total. The molecule has 1 amide bonds. The van der Waals surface area contributed by atoms with Crippen molar-refractivity contribution in [1.82, 2.24) is 25.1 Å². The van der Waals surface area contributed by atoms with Gasteiger partial charge in [-0.05, 0) is 40.1 Å². The van der Waals surface area contributed by atoms with E-state index in [0.717, 1.165) is 17.7 Å². The van der Waals surface area contributed by atoms with Crippen LogP contribution in [0.1, 0.15) is 11.1 Å². The predicted octanol–water partition coefficient (Wildman–Crippen LogP) is 4.03. The summed E-state index contributed by atoms with van der Waals surface area (Å²) in [7, 11) is 1.60. The molecule has 0 fully saturated rings. The smallest absolute Gasteiger partial charge is 0.233 e. The third kappa shape index (κ3) is 5.98. The molecular formula is C25H25N5O2S. The first-order valence-electron chi connectivity index (χ1n) is 10.6. The molecule has 0 saturated heterocycles. The van der Waals surface area contributed by atoms with Crippen LogP contribution in [0.4, 0.5) is 0 Å². The van der Waals surface area contributed by atoms with E-state index in [4.69, 9.17) is 4.74 Å². The molecular weight excluding hydrogens is 434 g/mol. The first kappa shape index (κ1) is 22.5. The van der Waals surface area contributed by atoms with Gasteiger partial charge in [0.25, 0.3) is 0 Å². The van der Waals surface area contributed by atoms with Crippen LogP contribution in [0.2, 0.25) is 0 Å². The van der Waals surface area contributed by atoms with E-state index in [-0.39, 0.29) is 11.7 Å². The Bertz CT molecular complexity index is 1170. The van der Waals surface area contributed by atoms with Gasteiger partial charge in [0, 0.05) is 13.1 Å². The summed E-state index contributed by atoms with van der Waals surface area (Å²) in [5.74, 6) is 0.929. The summed E-state index contributed by atoms with van der Waals surface area (Å²) in [4.78, 5) is 15.1. The summed E-state index contributed by atoms with van der Waals surface area (Å²) in [6.07, 6.45) is 0.795. The van der Waals surface area contributed by atoms with Crippen LogP contribution in [-0.4, -0.2) is 50.4 Å². The summed E-state index contributed by atoms with van der Waals surface area (Å²) in [6.45, 7) is 1.19. The molecule has 0 aliphatic heterocycles. The fourth-order valence-corrected chi connectivity index (χ4v) is 4.23. The fraction of sp³-hybridized carbons (Fsp3) is 0.200. The summed E-state index contributed by atoms with van der Waals surface area (Å²) in [6, 6.07) is 27.8. The molecule has 1 aromatic heterocycles. The standard InChI is InChI=1S/C25H25N5O2S/c1-32-23-15-9-8-14-22(23)30-25(26-27-28-30)33-19-24(31)29(18-21-12-6-3-7-13-21)17-16-20-10-4-2-5-11-20/h2-15H,16-19H2,1H3. The van der Waals surface area contributed by atoms with Gasteiger partial charge in [-0.1, -0.05) is 84.6 Å². The maximum absolute atomic E-state index is 13.2. The van der Waals surface area contributed by atoms with Crippen molar-refractivity contribution in [2.45, 2.75) is 18.1 Å². The van der Waals surface area contributed by atoms with E-state index in [1.165, 1.54) is 17.3 Å². The van der Waals surface area contributed by atoms with Crippen LogP contribution < -0.4 is 4.74 Å². The summed E-state index contributed by atoms with van der Waals surface area (Å²) in [5.41, 5.74) is 3.03. The molecule has 0 spiro atoms. The lowest BCUT2D eigenvalue weighted by atomic mass is 10.1. The van der Waals surface area contributed by atoms with E-state index >= 15 is 0 Å². The third-order valence-electron chi connectivity index (χ3n) is 5.16. The van der Waals surface area contributed by atoms with Crippen LogP contribution in [0, 0.1) is 0 Å². The molecule has 168 valence electrons. The number of hydrogen-bond acceptors (Lipinski definition) is 6. The Morgan fingerprint density at radius 2 is 1.61 bits per heavy atom. The average Bonchev–Trinajstić information content (AvgIpc) is 3.34. The van der Waals surface area contributed by atoms with Crippen LogP contribution in [0.3, 0.4) is 0 Å². The second-order valence-corrected chi connectivity index (χ2v) is 8.31. The van der Waals surface area contributed by atoms with Gasteiger partial charge in [-0.15, -0.1) is 5.10 Å². The Kier molecular flexibility index (Phi) is 7.71. The highest BCUT2D eigenvalue weighted by Crippen LogP contribution is 2.25. The van der Waals surface area contributed by atoms with Gasteiger partial charge in [0.1, 0.15) is 11.4 Å². The van der Waals surface area contributed by atoms with E-state index < -0.39 is 0 Å². The monoisotopic (exact) mass is 459 g/mol. The minimum absolute atomic E-state index is 0.0364. The van der Waals surface area contributed by atoms with Crippen molar-refractivity contribution in [2.24, 2.45) is 0 Å². The number of ether oxygens (including phenoxy) is 1. The number of nitrogens with zero attached hydrogens (tertiary/aromatic N) is 5. The number of thioether (sulfide) groups is 1. The van der Waals surface area contributed by atoms with E-state index in [9.17, 15) is 4.79 Å². The largest absolute Gasteiger partial charge is 0.494 e. The van der Waals surface area contributed by atoms with Crippen LogP contribution in [0.15, 0.2) is 90.1 Å². The fourth-order valence-electron chi connectivity index (χ4n) is 3.45. The predicted molar refractivity (Wildman–Crippen MR) is 128 cm³/mol. The molecule has 4 rings (SSSR count). The Hall–Kier alpha value is -3.65. The number of amides is 1. The van der Waals surface area contributed by atoms with Crippen molar-refractivity contribution in [1.29, 1.82) is 0 Å². The van der Waals surface area contributed by atoms with Gasteiger partial charge in [-0.3, -0.25) is 4.79 Å². The van der Waals surface area contributed by atoms with Gasteiger partial charge in [0.15, 0.2) is 0 Å². The van der Waals surface area contributed by atoms with Crippen molar-refractivity contribution in [2.75, 3.05) is 19.4 Å². The molecule has 33 heavy (non-hydrogen) atoms. The number of carbonyl (C=O) groups is 1. The number of carbonyl (C=O) groups excluding carboxylic acids is 1. The Morgan fingerprint density at radius 3 is 2.33 bits per heavy atom. The molecule has 1 heterocycles. The zero-order valence-electron chi connectivity index (χ0n) is 18.4. The zero-order chi connectivity index (χ0) is 22.9. The number of hydrogen-bond donors (Lipinski definition) is 0. The lowest BCUT2D eigenvalue weighted by Gasteiger charge is -2.23. The van der Waals surface area contributed by atoms with Crippen LogP contribution >= 0.6 is 11.8 Å². The molecule has 0 saturated carbocycles. The van der Waals surface area contributed by atoms with Gasteiger partial charge in [-0.25, -0.2) is 0 Å². The molecule has 0 atom stereocenters. The normalized spacial score (nSPS) is 10.7. The molecule has 8 heteroatoms. The highest BCUT2D eigenvalue weighted by atomic mass is 32.2. The molecule has 0 aliphatic carbocycles. The van der Waals surface area contributed by atoms with Gasteiger partial charge in [-0.2, -0.15) is 4.68 Å². The van der Waals surface area contributed by atoms with Crippen LogP contribution in [0.5, 0.6) is 5.75 Å². The molecule has 0 radical (unpaired) electrons. The van der Waals surface area contributed by atoms with Crippen molar-refractivity contribution in [3.8, 4) is 11.4 Å². The lowest BCUT2D eigenvalue weighted by molar-refractivity contribution is -0.128. The number of tetrazole rings is 1. The minimum Gasteiger partial charge on any atom is -0.494 e. The van der Waals surface area contributed by atoms with Gasteiger partial charge < -0.3 is 9.64 Å². The molecule has 4 aromatic rings. The van der Waals surface area contributed by atoms with Crippen molar-refractivity contribution < 1.29 is 9.53 Å². The SMILES string of the molecule is COc1ccccc1-n1nnnc1SCC(=O)N(CCc1ccccc1)Cc1ccccc1. The Labute approximate surface area is 197 Å². The second-order valence-electron chi connectivity index (χ2n) is 7.37. The molecule has 0 aliphatic rings. The zero-order valence-corrected chi connectivity index (χ0v) is 19.2. The number of benzene rings is 3. The highest BCUT2D eigenvalue weighted by Gasteiger charge is 2.18. The number of aromatic nitrogens is 4. The van der Waals surface area contributed by atoms with Gasteiger partial charge in [0.05, 0.1) is 12.9 Å². The van der Waals surface area contributed by atoms with E-state index in [1.54, 1.807) is 11.8 Å².